The van der Waals surface area contributed by atoms with E-state index in [-0.39, 0.29) is 0 Å². The number of rotatable bonds is 2. The van der Waals surface area contributed by atoms with Crippen molar-refractivity contribution >= 4 is 0 Å². The fourth-order valence-electron chi connectivity index (χ4n) is 1.71. The van der Waals surface area contributed by atoms with Crippen molar-refractivity contribution in [3.05, 3.63) is 52.8 Å². The highest BCUT2D eigenvalue weighted by Gasteiger charge is 2.07. The van der Waals surface area contributed by atoms with Gasteiger partial charge in [-0.25, -0.2) is 0 Å². The lowest BCUT2D eigenvalue weighted by Crippen LogP contribution is -1.96. The van der Waals surface area contributed by atoms with Crippen molar-refractivity contribution in [2.24, 2.45) is 7.05 Å². The van der Waals surface area contributed by atoms with Crippen LogP contribution in [0.2, 0.25) is 0 Å². The van der Waals surface area contributed by atoms with Crippen molar-refractivity contribution in [2.75, 3.05) is 0 Å². The minimum Gasteiger partial charge on any atom is -0.273 e. The van der Waals surface area contributed by atoms with Crippen LogP contribution in [0.1, 0.15) is 22.4 Å². The van der Waals surface area contributed by atoms with Crippen molar-refractivity contribution in [2.45, 2.75) is 13.3 Å². The molecule has 0 fully saturated rings. The molecule has 0 radical (unpaired) electrons. The van der Waals surface area contributed by atoms with E-state index in [1.54, 1.807) is 0 Å². The summed E-state index contributed by atoms with van der Waals surface area (Å²) in [6.07, 6.45) is 2.63. The van der Waals surface area contributed by atoms with Crippen LogP contribution in [0.25, 0.3) is 0 Å². The maximum atomic E-state index is 9.00. The van der Waals surface area contributed by atoms with Gasteiger partial charge in [-0.3, -0.25) is 4.68 Å². The number of aromatic nitrogens is 2. The summed E-state index contributed by atoms with van der Waals surface area (Å²) in [7, 11) is 1.93. The van der Waals surface area contributed by atoms with E-state index in [0.29, 0.717) is 0 Å². The maximum Gasteiger partial charge on any atom is 0.0994 e. The van der Waals surface area contributed by atoms with Crippen molar-refractivity contribution in [1.29, 1.82) is 5.26 Å². The molecule has 0 aliphatic rings. The summed E-state index contributed by atoms with van der Waals surface area (Å²) in [6, 6.07) is 9.90. The fourth-order valence-corrected chi connectivity index (χ4v) is 1.71. The highest BCUT2D eigenvalue weighted by atomic mass is 15.3. The van der Waals surface area contributed by atoms with Gasteiger partial charge in [0.25, 0.3) is 0 Å². The molecule has 0 N–H and O–H groups in total. The second kappa shape index (κ2) is 4.19. The summed E-state index contributed by atoms with van der Waals surface area (Å²) >= 11 is 0. The monoisotopic (exact) mass is 211 g/mol. The first-order chi connectivity index (χ1) is 7.72. The molecule has 0 atom stereocenters. The Bertz CT molecular complexity index is 547. The second-order valence-corrected chi connectivity index (χ2v) is 3.82. The largest absolute Gasteiger partial charge is 0.273 e. The van der Waals surface area contributed by atoms with Crippen LogP contribution < -0.4 is 0 Å². The summed E-state index contributed by atoms with van der Waals surface area (Å²) in [6.45, 7) is 2.04. The number of benzene rings is 1. The van der Waals surface area contributed by atoms with Gasteiger partial charge in [0.1, 0.15) is 0 Å². The number of hydrogen-bond acceptors (Lipinski definition) is 2. The zero-order valence-corrected chi connectivity index (χ0v) is 9.44. The topological polar surface area (TPSA) is 41.6 Å². The molecule has 0 saturated carbocycles. The van der Waals surface area contributed by atoms with Gasteiger partial charge in [-0.05, 0) is 24.1 Å². The van der Waals surface area contributed by atoms with Gasteiger partial charge in [-0.2, -0.15) is 10.4 Å². The lowest BCUT2D eigenvalue weighted by Gasteiger charge is -2.03. The number of aryl methyl sites for hydroxylation is 1. The van der Waals surface area contributed by atoms with Crippen molar-refractivity contribution < 1.29 is 0 Å². The summed E-state index contributed by atoms with van der Waals surface area (Å²) in [5, 5.41) is 13.2. The third-order valence-electron chi connectivity index (χ3n) is 2.86. The van der Waals surface area contributed by atoms with E-state index >= 15 is 0 Å². The molecule has 3 nitrogen and oxygen atoms in total. The Morgan fingerprint density at radius 2 is 2.06 bits per heavy atom. The van der Waals surface area contributed by atoms with Gasteiger partial charge in [-0.15, -0.1) is 0 Å². The molecule has 0 bridgehead atoms. The molecule has 0 saturated heterocycles. The van der Waals surface area contributed by atoms with Crippen LogP contribution in [0.3, 0.4) is 0 Å². The minimum atomic E-state index is 0.741. The molecule has 80 valence electrons. The molecule has 2 aromatic rings. The van der Waals surface area contributed by atoms with E-state index < -0.39 is 0 Å². The quantitative estimate of drug-likeness (QED) is 0.764. The third kappa shape index (κ3) is 1.82. The van der Waals surface area contributed by atoms with Crippen molar-refractivity contribution in [3.63, 3.8) is 0 Å². The Morgan fingerprint density at radius 1 is 1.31 bits per heavy atom. The zero-order chi connectivity index (χ0) is 11.5. The third-order valence-corrected chi connectivity index (χ3v) is 2.86. The first-order valence-electron chi connectivity index (χ1n) is 5.18. The van der Waals surface area contributed by atoms with Crippen molar-refractivity contribution in [1.82, 2.24) is 9.78 Å². The lowest BCUT2D eigenvalue weighted by atomic mass is 10.0. The average Bonchev–Trinajstić information content (AvgIpc) is 2.62. The molecule has 0 unspecified atom stereocenters. The summed E-state index contributed by atoms with van der Waals surface area (Å²) in [5.74, 6) is 0. The number of hydrogen-bond donors (Lipinski definition) is 0. The molecular weight excluding hydrogens is 198 g/mol. The molecule has 0 amide bonds. The Labute approximate surface area is 94.9 Å². The Kier molecular flexibility index (Phi) is 2.74. The van der Waals surface area contributed by atoms with E-state index in [1.165, 1.54) is 5.56 Å². The van der Waals surface area contributed by atoms with Gasteiger partial charge >= 0.3 is 0 Å². The summed E-state index contributed by atoms with van der Waals surface area (Å²) in [4.78, 5) is 0. The number of nitrogens with zero attached hydrogens (tertiary/aromatic N) is 3. The maximum absolute atomic E-state index is 9.00. The number of nitriles is 1. The SMILES string of the molecule is Cc1c(Cc2ccccc2C#N)cnn1C. The van der Waals surface area contributed by atoms with Gasteiger partial charge in [-0.1, -0.05) is 18.2 Å². The van der Waals surface area contributed by atoms with Crippen LogP contribution in [0, 0.1) is 18.3 Å². The predicted octanol–water partition coefficient (Wildman–Crippen LogP) is 2.19. The zero-order valence-electron chi connectivity index (χ0n) is 9.44. The van der Waals surface area contributed by atoms with Gasteiger partial charge in [0, 0.05) is 19.2 Å². The van der Waals surface area contributed by atoms with E-state index in [2.05, 4.69) is 11.2 Å². The van der Waals surface area contributed by atoms with E-state index in [1.807, 2.05) is 49.1 Å². The van der Waals surface area contributed by atoms with E-state index in [9.17, 15) is 0 Å². The standard InChI is InChI=1S/C13H13N3/c1-10-13(9-15-16(10)2)7-11-5-3-4-6-12(11)8-14/h3-6,9H,7H2,1-2H3. The van der Waals surface area contributed by atoms with Crippen LogP contribution in [0.4, 0.5) is 0 Å². The Balaban J connectivity index is 2.35. The van der Waals surface area contributed by atoms with Gasteiger partial charge in [0.05, 0.1) is 17.8 Å². The Morgan fingerprint density at radius 3 is 2.69 bits per heavy atom. The second-order valence-electron chi connectivity index (χ2n) is 3.82. The molecule has 0 aliphatic heterocycles. The predicted molar refractivity (Wildman–Crippen MR) is 61.9 cm³/mol. The van der Waals surface area contributed by atoms with E-state index in [4.69, 9.17) is 5.26 Å². The van der Waals surface area contributed by atoms with Crippen LogP contribution in [-0.2, 0) is 13.5 Å². The van der Waals surface area contributed by atoms with E-state index in [0.717, 1.165) is 23.2 Å². The first-order valence-corrected chi connectivity index (χ1v) is 5.18. The smallest absolute Gasteiger partial charge is 0.0994 e. The van der Waals surface area contributed by atoms with Crippen LogP contribution >= 0.6 is 0 Å². The molecular formula is C13H13N3. The first kappa shape index (κ1) is 10.4. The summed E-state index contributed by atoms with van der Waals surface area (Å²) in [5.41, 5.74) is 4.12. The highest BCUT2D eigenvalue weighted by Crippen LogP contribution is 2.15. The van der Waals surface area contributed by atoms with Crippen LogP contribution in [0.15, 0.2) is 30.5 Å². The molecule has 2 rings (SSSR count). The molecule has 3 heteroatoms. The molecule has 1 heterocycles. The normalized spacial score (nSPS) is 10.1. The highest BCUT2D eigenvalue weighted by molar-refractivity contribution is 5.40. The van der Waals surface area contributed by atoms with Gasteiger partial charge in [0.15, 0.2) is 0 Å². The lowest BCUT2D eigenvalue weighted by molar-refractivity contribution is 0.738. The fraction of sp³-hybridized carbons (Fsp3) is 0.231. The molecule has 0 aliphatic carbocycles. The van der Waals surface area contributed by atoms with Gasteiger partial charge < -0.3 is 0 Å². The van der Waals surface area contributed by atoms with Crippen molar-refractivity contribution in [3.8, 4) is 6.07 Å². The van der Waals surface area contributed by atoms with Crippen LogP contribution in [0.5, 0.6) is 0 Å². The summed E-state index contributed by atoms with van der Waals surface area (Å²) < 4.78 is 1.85. The average molecular weight is 211 g/mol. The molecule has 1 aromatic carbocycles. The Hall–Kier alpha value is -2.08. The van der Waals surface area contributed by atoms with Gasteiger partial charge in [0.2, 0.25) is 0 Å². The molecule has 0 spiro atoms. The molecule has 16 heavy (non-hydrogen) atoms. The minimum absolute atomic E-state index is 0.741. The van der Waals surface area contributed by atoms with Crippen LogP contribution in [-0.4, -0.2) is 9.78 Å². The molecule has 1 aromatic heterocycles.